The largest absolute Gasteiger partial charge is 0.497 e. The highest BCUT2D eigenvalue weighted by atomic mass is 35.5. The minimum absolute atomic E-state index is 0.0515. The highest BCUT2D eigenvalue weighted by Crippen LogP contribution is 2.28. The van der Waals surface area contributed by atoms with E-state index in [-0.39, 0.29) is 17.8 Å². The Kier molecular flexibility index (Phi) is 5.92. The van der Waals surface area contributed by atoms with Crippen LogP contribution in [0, 0.1) is 12.9 Å². The molecular formula is C24H19ClFN3O3. The standard InChI is InChI=1S/C24H19ClFN3O3/c1-14-22(19-12-18(32-2)7-8-20(19)28-14)23(30)24(31)29(17-9-10-27-21(26)11-17)13-15-3-5-16(25)6-4-15/h3-12,28H,13H2,1-2H3. The van der Waals surface area contributed by atoms with Crippen molar-refractivity contribution >= 4 is 39.9 Å². The SMILES string of the molecule is COc1ccc2[nH]c(C)c(C(=O)C(=O)N(Cc3ccc(Cl)cc3)c3ccnc(F)c3)c2c1. The molecule has 0 aliphatic rings. The molecule has 0 aliphatic carbocycles. The molecular weight excluding hydrogens is 433 g/mol. The Labute approximate surface area is 188 Å². The fourth-order valence-corrected chi connectivity index (χ4v) is 3.69. The number of halogens is 2. The molecule has 1 N–H and O–H groups in total. The molecule has 0 unspecified atom stereocenters. The number of hydrogen-bond acceptors (Lipinski definition) is 4. The normalized spacial score (nSPS) is 10.9. The number of aromatic amines is 1. The van der Waals surface area contributed by atoms with Crippen molar-refractivity contribution in [3.8, 4) is 5.75 Å². The molecule has 0 saturated heterocycles. The van der Waals surface area contributed by atoms with Crippen LogP contribution in [0.15, 0.2) is 60.8 Å². The number of fused-ring (bicyclic) bond motifs is 1. The Morgan fingerprint density at radius 1 is 1.12 bits per heavy atom. The van der Waals surface area contributed by atoms with Crippen LogP contribution in [0.1, 0.15) is 21.6 Å². The van der Waals surface area contributed by atoms with E-state index in [9.17, 15) is 14.0 Å². The third-order valence-corrected chi connectivity index (χ3v) is 5.39. The number of methoxy groups -OCH3 is 1. The van der Waals surface area contributed by atoms with Crippen LogP contribution in [-0.2, 0) is 11.3 Å². The number of ether oxygens (including phenoxy) is 1. The molecule has 8 heteroatoms. The van der Waals surface area contributed by atoms with Crippen molar-refractivity contribution in [1.29, 1.82) is 0 Å². The number of anilines is 1. The molecule has 2 aromatic carbocycles. The number of aryl methyl sites for hydroxylation is 1. The van der Waals surface area contributed by atoms with Crippen LogP contribution in [0.3, 0.4) is 0 Å². The number of ketones is 1. The van der Waals surface area contributed by atoms with Gasteiger partial charge in [-0.15, -0.1) is 0 Å². The number of benzene rings is 2. The summed E-state index contributed by atoms with van der Waals surface area (Å²) in [6.45, 7) is 1.78. The van der Waals surface area contributed by atoms with Gasteiger partial charge in [0.1, 0.15) is 5.75 Å². The number of rotatable bonds is 6. The molecule has 0 spiro atoms. The molecule has 0 bridgehead atoms. The molecule has 1 amide bonds. The van der Waals surface area contributed by atoms with E-state index in [0.29, 0.717) is 27.4 Å². The topological polar surface area (TPSA) is 75.3 Å². The van der Waals surface area contributed by atoms with Gasteiger partial charge >= 0.3 is 0 Å². The summed E-state index contributed by atoms with van der Waals surface area (Å²) in [5, 5.41) is 1.12. The molecule has 6 nitrogen and oxygen atoms in total. The van der Waals surface area contributed by atoms with Crippen LogP contribution in [0.25, 0.3) is 10.9 Å². The summed E-state index contributed by atoms with van der Waals surface area (Å²) in [7, 11) is 1.53. The van der Waals surface area contributed by atoms with E-state index in [1.165, 1.54) is 24.3 Å². The number of pyridine rings is 1. The van der Waals surface area contributed by atoms with Gasteiger partial charge in [0, 0.05) is 33.9 Å². The lowest BCUT2D eigenvalue weighted by Gasteiger charge is -2.22. The van der Waals surface area contributed by atoms with E-state index in [1.807, 2.05) is 0 Å². The zero-order chi connectivity index (χ0) is 22.8. The zero-order valence-corrected chi connectivity index (χ0v) is 18.1. The van der Waals surface area contributed by atoms with Gasteiger partial charge in [0.05, 0.1) is 24.9 Å². The first-order valence-corrected chi connectivity index (χ1v) is 10.1. The van der Waals surface area contributed by atoms with Crippen LogP contribution >= 0.6 is 11.6 Å². The minimum Gasteiger partial charge on any atom is -0.497 e. The number of hydrogen-bond donors (Lipinski definition) is 1. The number of carbonyl (C=O) groups is 2. The lowest BCUT2D eigenvalue weighted by Crippen LogP contribution is -2.36. The molecule has 4 rings (SSSR count). The van der Waals surface area contributed by atoms with Crippen molar-refractivity contribution in [2.75, 3.05) is 12.0 Å². The van der Waals surface area contributed by atoms with Crippen molar-refractivity contribution in [1.82, 2.24) is 9.97 Å². The van der Waals surface area contributed by atoms with E-state index < -0.39 is 17.6 Å². The second-order valence-electron chi connectivity index (χ2n) is 7.22. The molecule has 2 heterocycles. The number of Topliss-reactive ketones (excluding diaryl/α,β-unsaturated/α-hetero) is 1. The summed E-state index contributed by atoms with van der Waals surface area (Å²) in [5.41, 5.74) is 2.46. The maximum absolute atomic E-state index is 13.8. The van der Waals surface area contributed by atoms with Gasteiger partial charge in [-0.05, 0) is 48.9 Å². The Morgan fingerprint density at radius 3 is 2.56 bits per heavy atom. The van der Waals surface area contributed by atoms with E-state index in [4.69, 9.17) is 16.3 Å². The van der Waals surface area contributed by atoms with Crippen molar-refractivity contribution < 1.29 is 18.7 Å². The van der Waals surface area contributed by atoms with Crippen LogP contribution in [-0.4, -0.2) is 28.8 Å². The van der Waals surface area contributed by atoms with Gasteiger partial charge in [-0.25, -0.2) is 4.98 Å². The Morgan fingerprint density at radius 2 is 1.88 bits per heavy atom. The highest BCUT2D eigenvalue weighted by molar-refractivity contribution is 6.49. The predicted molar refractivity (Wildman–Crippen MR) is 121 cm³/mol. The molecule has 0 fully saturated rings. The van der Waals surface area contributed by atoms with Gasteiger partial charge in [0.15, 0.2) is 0 Å². The fourth-order valence-electron chi connectivity index (χ4n) is 3.57. The van der Waals surface area contributed by atoms with Crippen LogP contribution in [0.2, 0.25) is 5.02 Å². The second kappa shape index (κ2) is 8.80. The van der Waals surface area contributed by atoms with Gasteiger partial charge in [-0.2, -0.15) is 4.39 Å². The predicted octanol–water partition coefficient (Wildman–Crippen LogP) is 5.09. The third kappa shape index (κ3) is 4.20. The summed E-state index contributed by atoms with van der Waals surface area (Å²) < 4.78 is 19.1. The first kappa shape index (κ1) is 21.5. The van der Waals surface area contributed by atoms with Gasteiger partial charge in [-0.1, -0.05) is 23.7 Å². The van der Waals surface area contributed by atoms with Crippen molar-refractivity contribution in [2.24, 2.45) is 0 Å². The average molecular weight is 452 g/mol. The summed E-state index contributed by atoms with van der Waals surface area (Å²) in [5.74, 6) is -1.70. The minimum atomic E-state index is -0.794. The van der Waals surface area contributed by atoms with E-state index in [0.717, 1.165) is 11.6 Å². The van der Waals surface area contributed by atoms with Crippen LogP contribution < -0.4 is 9.64 Å². The molecule has 0 atom stereocenters. The molecule has 162 valence electrons. The van der Waals surface area contributed by atoms with E-state index in [2.05, 4.69) is 9.97 Å². The van der Waals surface area contributed by atoms with Crippen LogP contribution in [0.4, 0.5) is 10.1 Å². The molecule has 0 radical (unpaired) electrons. The average Bonchev–Trinajstić information content (AvgIpc) is 3.12. The number of nitrogens with zero attached hydrogens (tertiary/aromatic N) is 2. The monoisotopic (exact) mass is 451 g/mol. The quantitative estimate of drug-likeness (QED) is 0.252. The summed E-state index contributed by atoms with van der Waals surface area (Å²) in [4.78, 5) is 34.7. The number of amides is 1. The van der Waals surface area contributed by atoms with Crippen LogP contribution in [0.5, 0.6) is 5.75 Å². The molecule has 32 heavy (non-hydrogen) atoms. The first-order chi connectivity index (χ1) is 15.4. The third-order valence-electron chi connectivity index (χ3n) is 5.14. The lowest BCUT2D eigenvalue weighted by molar-refractivity contribution is -0.114. The van der Waals surface area contributed by atoms with Crippen molar-refractivity contribution in [3.05, 3.63) is 88.6 Å². The maximum Gasteiger partial charge on any atom is 0.299 e. The van der Waals surface area contributed by atoms with E-state index in [1.54, 1.807) is 49.4 Å². The lowest BCUT2D eigenvalue weighted by atomic mass is 10.0. The Balaban J connectivity index is 1.76. The fraction of sp³-hybridized carbons (Fsp3) is 0.125. The Hall–Kier alpha value is -3.71. The summed E-state index contributed by atoms with van der Waals surface area (Å²) in [6, 6.07) is 14.7. The van der Waals surface area contributed by atoms with E-state index >= 15 is 0 Å². The zero-order valence-electron chi connectivity index (χ0n) is 17.4. The number of aromatic nitrogens is 2. The highest BCUT2D eigenvalue weighted by Gasteiger charge is 2.29. The van der Waals surface area contributed by atoms with Crippen molar-refractivity contribution in [2.45, 2.75) is 13.5 Å². The van der Waals surface area contributed by atoms with Crippen molar-refractivity contribution in [3.63, 3.8) is 0 Å². The van der Waals surface area contributed by atoms with Gasteiger partial charge < -0.3 is 14.6 Å². The molecule has 2 aromatic heterocycles. The van der Waals surface area contributed by atoms with Gasteiger partial charge in [0.2, 0.25) is 5.95 Å². The molecule has 0 aliphatic heterocycles. The number of nitrogens with one attached hydrogen (secondary N) is 1. The summed E-state index contributed by atoms with van der Waals surface area (Å²) >= 11 is 5.96. The van der Waals surface area contributed by atoms with Gasteiger partial charge in [0.25, 0.3) is 11.7 Å². The number of carbonyl (C=O) groups excluding carboxylic acids is 2. The second-order valence-corrected chi connectivity index (χ2v) is 7.66. The summed E-state index contributed by atoms with van der Waals surface area (Å²) in [6.07, 6.45) is 1.25. The Bertz CT molecular complexity index is 1320. The first-order valence-electron chi connectivity index (χ1n) is 9.76. The smallest absolute Gasteiger partial charge is 0.299 e. The molecule has 0 saturated carbocycles. The maximum atomic E-state index is 13.8. The number of H-pyrrole nitrogens is 1. The van der Waals surface area contributed by atoms with Gasteiger partial charge in [-0.3, -0.25) is 9.59 Å². The molecule has 4 aromatic rings.